The average molecular weight is 347 g/mol. The topological polar surface area (TPSA) is 82.0 Å². The van der Waals surface area contributed by atoms with Gasteiger partial charge in [0.15, 0.2) is 9.50 Å². The SMILES string of the molecule is COc1cccc(Nc2nnc(Sc3nccc(OC)n3)s2)c1. The van der Waals surface area contributed by atoms with Crippen LogP contribution in [0.2, 0.25) is 0 Å². The van der Waals surface area contributed by atoms with E-state index in [1.165, 1.54) is 23.1 Å². The number of nitrogens with zero attached hydrogens (tertiary/aromatic N) is 4. The zero-order chi connectivity index (χ0) is 16.1. The van der Waals surface area contributed by atoms with Crippen LogP contribution in [0.4, 0.5) is 10.8 Å². The van der Waals surface area contributed by atoms with Crippen LogP contribution in [-0.4, -0.2) is 34.4 Å². The van der Waals surface area contributed by atoms with Crippen LogP contribution in [0.1, 0.15) is 0 Å². The summed E-state index contributed by atoms with van der Waals surface area (Å²) in [7, 11) is 3.20. The summed E-state index contributed by atoms with van der Waals surface area (Å²) >= 11 is 2.75. The largest absolute Gasteiger partial charge is 0.497 e. The minimum Gasteiger partial charge on any atom is -0.497 e. The monoisotopic (exact) mass is 347 g/mol. The molecule has 3 aromatic rings. The molecule has 0 aliphatic rings. The van der Waals surface area contributed by atoms with Gasteiger partial charge in [-0.25, -0.2) is 4.98 Å². The normalized spacial score (nSPS) is 10.3. The van der Waals surface area contributed by atoms with Gasteiger partial charge >= 0.3 is 0 Å². The van der Waals surface area contributed by atoms with Crippen LogP contribution < -0.4 is 14.8 Å². The van der Waals surface area contributed by atoms with Gasteiger partial charge in [0.25, 0.3) is 0 Å². The van der Waals surface area contributed by atoms with E-state index in [-0.39, 0.29) is 0 Å². The molecule has 1 aromatic carbocycles. The molecule has 0 saturated carbocycles. The number of ether oxygens (including phenoxy) is 2. The van der Waals surface area contributed by atoms with E-state index in [0.29, 0.717) is 16.2 Å². The summed E-state index contributed by atoms with van der Waals surface area (Å²) in [6, 6.07) is 9.30. The Morgan fingerprint density at radius 1 is 1.13 bits per heavy atom. The smallest absolute Gasteiger partial charge is 0.217 e. The van der Waals surface area contributed by atoms with Gasteiger partial charge in [0.05, 0.1) is 14.2 Å². The molecule has 118 valence electrons. The first-order valence-electron chi connectivity index (χ1n) is 6.56. The number of hydrogen-bond donors (Lipinski definition) is 1. The van der Waals surface area contributed by atoms with Gasteiger partial charge in [0, 0.05) is 24.0 Å². The number of nitrogens with one attached hydrogen (secondary N) is 1. The van der Waals surface area contributed by atoms with Crippen LogP contribution in [0.5, 0.6) is 11.6 Å². The van der Waals surface area contributed by atoms with Crippen LogP contribution >= 0.6 is 23.1 Å². The molecule has 7 nitrogen and oxygen atoms in total. The second kappa shape index (κ2) is 7.25. The van der Waals surface area contributed by atoms with Crippen molar-refractivity contribution >= 4 is 33.9 Å². The number of benzene rings is 1. The number of hydrogen-bond acceptors (Lipinski definition) is 9. The van der Waals surface area contributed by atoms with Crippen molar-refractivity contribution in [1.82, 2.24) is 20.2 Å². The van der Waals surface area contributed by atoms with E-state index in [1.807, 2.05) is 24.3 Å². The van der Waals surface area contributed by atoms with Crippen LogP contribution in [0, 0.1) is 0 Å². The first-order valence-corrected chi connectivity index (χ1v) is 8.19. The number of rotatable bonds is 6. The fourth-order valence-corrected chi connectivity index (χ4v) is 3.30. The van der Waals surface area contributed by atoms with Gasteiger partial charge in [-0.05, 0) is 23.9 Å². The van der Waals surface area contributed by atoms with E-state index in [1.54, 1.807) is 26.5 Å². The van der Waals surface area contributed by atoms with Crippen LogP contribution in [-0.2, 0) is 0 Å². The Morgan fingerprint density at radius 2 is 2.04 bits per heavy atom. The Kier molecular flexibility index (Phi) is 4.89. The molecule has 0 amide bonds. The van der Waals surface area contributed by atoms with Crippen LogP contribution in [0.25, 0.3) is 0 Å². The Labute approximate surface area is 141 Å². The van der Waals surface area contributed by atoms with Crippen LogP contribution in [0.3, 0.4) is 0 Å². The predicted octanol–water partition coefficient (Wildman–Crippen LogP) is 3.24. The van der Waals surface area contributed by atoms with Gasteiger partial charge < -0.3 is 14.8 Å². The molecular weight excluding hydrogens is 334 g/mol. The fraction of sp³-hybridized carbons (Fsp3) is 0.143. The van der Waals surface area contributed by atoms with Gasteiger partial charge in [-0.3, -0.25) is 0 Å². The van der Waals surface area contributed by atoms with Crippen molar-refractivity contribution in [2.45, 2.75) is 9.50 Å². The maximum Gasteiger partial charge on any atom is 0.217 e. The molecule has 0 unspecified atom stereocenters. The lowest BCUT2D eigenvalue weighted by atomic mass is 10.3. The third-order valence-corrected chi connectivity index (χ3v) is 4.49. The van der Waals surface area contributed by atoms with Crippen molar-refractivity contribution in [2.75, 3.05) is 19.5 Å². The third-order valence-electron chi connectivity index (χ3n) is 2.72. The molecule has 0 aliphatic heterocycles. The highest BCUT2D eigenvalue weighted by Gasteiger charge is 2.09. The summed E-state index contributed by atoms with van der Waals surface area (Å²) in [5, 5.41) is 12.7. The number of methoxy groups -OCH3 is 2. The van der Waals surface area contributed by atoms with Gasteiger partial charge in [-0.1, -0.05) is 17.4 Å². The molecule has 9 heteroatoms. The summed E-state index contributed by atoms with van der Waals surface area (Å²) in [5.41, 5.74) is 0.884. The highest BCUT2D eigenvalue weighted by Crippen LogP contribution is 2.32. The average Bonchev–Trinajstić information content (AvgIpc) is 3.02. The Bertz CT molecular complexity index is 732. The highest BCUT2D eigenvalue weighted by atomic mass is 32.2. The molecule has 0 saturated heterocycles. The summed E-state index contributed by atoms with van der Waals surface area (Å²) in [5.74, 6) is 1.29. The van der Waals surface area contributed by atoms with Crippen molar-refractivity contribution < 1.29 is 9.47 Å². The molecular formula is C14H13N5O2S2. The first-order chi connectivity index (χ1) is 11.3. The van der Waals surface area contributed by atoms with E-state index < -0.39 is 0 Å². The standard InChI is InChI=1S/C14H13N5O2S2/c1-20-10-5-3-4-9(8-10)16-13-18-19-14(23-13)22-12-15-7-6-11(17-12)21-2/h3-8H,1-2H3,(H,16,18). The predicted molar refractivity (Wildman–Crippen MR) is 88.9 cm³/mol. The first kappa shape index (κ1) is 15.5. The maximum absolute atomic E-state index is 5.19. The summed E-state index contributed by atoms with van der Waals surface area (Å²) < 4.78 is 11.0. The molecule has 0 radical (unpaired) electrons. The summed E-state index contributed by atoms with van der Waals surface area (Å²) in [4.78, 5) is 8.41. The molecule has 0 bridgehead atoms. The zero-order valence-corrected chi connectivity index (χ0v) is 14.0. The van der Waals surface area contributed by atoms with Gasteiger partial charge in [-0.15, -0.1) is 10.2 Å². The van der Waals surface area contributed by atoms with Gasteiger partial charge in [0.2, 0.25) is 11.0 Å². The molecule has 0 fully saturated rings. The Hall–Kier alpha value is -2.39. The molecule has 0 atom stereocenters. The fourth-order valence-electron chi connectivity index (χ4n) is 1.69. The van der Waals surface area contributed by atoms with Crippen molar-refractivity contribution in [3.8, 4) is 11.6 Å². The summed E-state index contributed by atoms with van der Waals surface area (Å²) in [6.45, 7) is 0. The molecule has 2 aromatic heterocycles. The lowest BCUT2D eigenvalue weighted by Crippen LogP contribution is -1.90. The molecule has 0 aliphatic carbocycles. The quantitative estimate of drug-likeness (QED) is 0.681. The molecule has 0 spiro atoms. The minimum absolute atomic E-state index is 0.516. The van der Waals surface area contributed by atoms with E-state index in [0.717, 1.165) is 15.8 Å². The molecule has 2 heterocycles. The minimum atomic E-state index is 0.516. The van der Waals surface area contributed by atoms with Crippen LogP contribution in [0.15, 0.2) is 46.0 Å². The number of aromatic nitrogens is 4. The van der Waals surface area contributed by atoms with Crippen molar-refractivity contribution in [2.24, 2.45) is 0 Å². The highest BCUT2D eigenvalue weighted by molar-refractivity contribution is 8.00. The van der Waals surface area contributed by atoms with Crippen molar-refractivity contribution in [1.29, 1.82) is 0 Å². The summed E-state index contributed by atoms with van der Waals surface area (Å²) in [6.07, 6.45) is 1.64. The molecule has 1 N–H and O–H groups in total. The Balaban J connectivity index is 1.70. The van der Waals surface area contributed by atoms with Crippen molar-refractivity contribution in [3.63, 3.8) is 0 Å². The maximum atomic E-state index is 5.19. The van der Waals surface area contributed by atoms with Gasteiger partial charge in [-0.2, -0.15) is 4.98 Å². The van der Waals surface area contributed by atoms with E-state index in [9.17, 15) is 0 Å². The zero-order valence-electron chi connectivity index (χ0n) is 12.4. The lowest BCUT2D eigenvalue weighted by Gasteiger charge is -2.04. The second-order valence-electron chi connectivity index (χ2n) is 4.21. The second-order valence-corrected chi connectivity index (χ2v) is 6.41. The molecule has 3 rings (SSSR count). The van der Waals surface area contributed by atoms with Gasteiger partial charge in [0.1, 0.15) is 5.75 Å². The lowest BCUT2D eigenvalue weighted by molar-refractivity contribution is 0.392. The van der Waals surface area contributed by atoms with E-state index >= 15 is 0 Å². The Morgan fingerprint density at radius 3 is 2.87 bits per heavy atom. The van der Waals surface area contributed by atoms with E-state index in [4.69, 9.17) is 9.47 Å². The molecule has 23 heavy (non-hydrogen) atoms. The third kappa shape index (κ3) is 4.08. The van der Waals surface area contributed by atoms with Crippen molar-refractivity contribution in [3.05, 3.63) is 36.5 Å². The number of anilines is 2. The van der Waals surface area contributed by atoms with E-state index in [2.05, 4.69) is 25.5 Å².